The zero-order valence-electron chi connectivity index (χ0n) is 18.8. The van der Waals surface area contributed by atoms with E-state index in [1.807, 2.05) is 13.8 Å². The van der Waals surface area contributed by atoms with E-state index in [4.69, 9.17) is 9.16 Å². The first-order valence-corrected chi connectivity index (χ1v) is 13.0. The molecule has 0 aromatic rings. The lowest BCUT2D eigenvalue weighted by atomic mass is 9.63. The average Bonchev–Trinajstić information content (AvgIpc) is 2.79. The molecular formula is C23H38O3Si. The maximum Gasteiger partial charge on any atom is 0.250 e. The SMILES string of the molecule is C=C(C)[C@H]1CC(=O)[C@]2(C)C(O[Si](C)(C)C(C)(C)C)=C(/C=C(\C)OC)CC2C1. The summed E-state index contributed by atoms with van der Waals surface area (Å²) in [4.78, 5) is 13.4. The second-order valence-corrected chi connectivity index (χ2v) is 14.9. The molecule has 1 fully saturated rings. The molecule has 2 aliphatic carbocycles. The van der Waals surface area contributed by atoms with Crippen LogP contribution in [0.25, 0.3) is 0 Å². The Morgan fingerprint density at radius 3 is 2.33 bits per heavy atom. The van der Waals surface area contributed by atoms with Crippen LogP contribution < -0.4 is 0 Å². The second kappa shape index (κ2) is 7.27. The van der Waals surface area contributed by atoms with E-state index in [0.717, 1.165) is 35.5 Å². The molecule has 1 saturated carbocycles. The van der Waals surface area contributed by atoms with Gasteiger partial charge in [-0.25, -0.2) is 0 Å². The van der Waals surface area contributed by atoms with Crippen LogP contribution in [0.2, 0.25) is 18.1 Å². The zero-order valence-corrected chi connectivity index (χ0v) is 19.8. The molecule has 0 saturated heterocycles. The van der Waals surface area contributed by atoms with Crippen molar-refractivity contribution in [2.45, 2.75) is 78.9 Å². The van der Waals surface area contributed by atoms with E-state index in [9.17, 15) is 4.79 Å². The summed E-state index contributed by atoms with van der Waals surface area (Å²) in [7, 11) is -0.375. The number of methoxy groups -OCH3 is 1. The smallest absolute Gasteiger partial charge is 0.250 e. The monoisotopic (exact) mass is 390 g/mol. The summed E-state index contributed by atoms with van der Waals surface area (Å²) in [6.07, 6.45) is 4.53. The van der Waals surface area contributed by atoms with Gasteiger partial charge in [0.05, 0.1) is 24.0 Å². The van der Waals surface area contributed by atoms with Crippen LogP contribution >= 0.6 is 0 Å². The standard InChI is InChI=1S/C23H38O3Si/c1-15(2)17-12-19-13-18(11-16(3)25-8)21(23(19,7)20(24)14-17)26-27(9,10)22(4,5)6/h11,17,19H,1,12-14H2,2-10H3/b16-11+/t17-,19?,23-/m1/s1. The number of hydrogen-bond acceptors (Lipinski definition) is 3. The van der Waals surface area contributed by atoms with Gasteiger partial charge in [-0.1, -0.05) is 32.9 Å². The van der Waals surface area contributed by atoms with Crippen LogP contribution in [0.15, 0.2) is 35.3 Å². The summed E-state index contributed by atoms with van der Waals surface area (Å²) in [5.74, 6) is 2.64. The maximum absolute atomic E-state index is 13.4. The number of fused-ring (bicyclic) bond motifs is 1. The van der Waals surface area contributed by atoms with E-state index in [0.29, 0.717) is 12.2 Å². The van der Waals surface area contributed by atoms with Crippen molar-refractivity contribution in [2.24, 2.45) is 17.3 Å². The fraction of sp³-hybridized carbons (Fsp3) is 0.696. The molecule has 152 valence electrons. The van der Waals surface area contributed by atoms with Crippen molar-refractivity contribution in [3.63, 3.8) is 0 Å². The Bertz CT molecular complexity index is 693. The minimum absolute atomic E-state index is 0.0809. The van der Waals surface area contributed by atoms with Crippen molar-refractivity contribution in [1.29, 1.82) is 0 Å². The number of rotatable bonds is 5. The van der Waals surface area contributed by atoms with Crippen LogP contribution in [0.3, 0.4) is 0 Å². The van der Waals surface area contributed by atoms with E-state index in [2.05, 4.69) is 53.4 Å². The van der Waals surface area contributed by atoms with Gasteiger partial charge in [-0.05, 0) is 75.2 Å². The van der Waals surface area contributed by atoms with Gasteiger partial charge in [0.15, 0.2) is 0 Å². The van der Waals surface area contributed by atoms with Crippen LogP contribution in [-0.4, -0.2) is 21.2 Å². The van der Waals surface area contributed by atoms with E-state index in [1.54, 1.807) is 7.11 Å². The Labute approximate surface area is 167 Å². The largest absolute Gasteiger partial charge is 0.545 e. The molecule has 4 heteroatoms. The first-order valence-electron chi connectivity index (χ1n) is 10.1. The minimum Gasteiger partial charge on any atom is -0.545 e. The quantitative estimate of drug-likeness (QED) is 0.310. The summed E-state index contributed by atoms with van der Waals surface area (Å²) in [5, 5.41) is 0.0809. The predicted molar refractivity (Wildman–Crippen MR) is 115 cm³/mol. The van der Waals surface area contributed by atoms with Gasteiger partial charge in [0, 0.05) is 6.42 Å². The Hall–Kier alpha value is -1.29. The van der Waals surface area contributed by atoms with Crippen molar-refractivity contribution < 1.29 is 14.0 Å². The van der Waals surface area contributed by atoms with Gasteiger partial charge in [0.1, 0.15) is 5.78 Å². The molecule has 0 amide bonds. The highest BCUT2D eigenvalue weighted by Crippen LogP contribution is 2.57. The Kier molecular flexibility index (Phi) is 5.92. The Balaban J connectivity index is 2.54. The lowest BCUT2D eigenvalue weighted by Crippen LogP contribution is -2.47. The van der Waals surface area contributed by atoms with Crippen LogP contribution in [0.1, 0.15) is 60.8 Å². The molecule has 0 bridgehead atoms. The molecule has 0 spiro atoms. The molecule has 2 aliphatic rings. The Morgan fingerprint density at radius 2 is 1.85 bits per heavy atom. The number of ketones is 1. The fourth-order valence-electron chi connectivity index (χ4n) is 4.00. The van der Waals surface area contributed by atoms with Crippen molar-refractivity contribution in [3.05, 3.63) is 35.3 Å². The third kappa shape index (κ3) is 3.96. The molecule has 0 heterocycles. The highest BCUT2D eigenvalue weighted by atomic mass is 28.4. The lowest BCUT2D eigenvalue weighted by molar-refractivity contribution is -0.133. The highest BCUT2D eigenvalue weighted by Gasteiger charge is 2.56. The summed E-state index contributed by atoms with van der Waals surface area (Å²) in [6, 6.07) is 0. The molecule has 1 unspecified atom stereocenters. The summed E-state index contributed by atoms with van der Waals surface area (Å²) >= 11 is 0. The molecule has 0 radical (unpaired) electrons. The Morgan fingerprint density at radius 1 is 1.26 bits per heavy atom. The van der Waals surface area contributed by atoms with Crippen LogP contribution in [0.5, 0.6) is 0 Å². The molecule has 27 heavy (non-hydrogen) atoms. The number of hydrogen-bond donors (Lipinski definition) is 0. The third-order valence-corrected chi connectivity index (χ3v) is 11.5. The number of carbonyl (C=O) groups excluding carboxylic acids is 1. The van der Waals surface area contributed by atoms with Gasteiger partial charge in [-0.3, -0.25) is 4.79 Å². The van der Waals surface area contributed by atoms with Gasteiger partial charge < -0.3 is 9.16 Å². The zero-order chi connectivity index (χ0) is 20.8. The topological polar surface area (TPSA) is 35.5 Å². The van der Waals surface area contributed by atoms with E-state index < -0.39 is 13.7 Å². The molecular weight excluding hydrogens is 352 g/mol. The summed E-state index contributed by atoms with van der Waals surface area (Å²) in [5.41, 5.74) is 1.73. The van der Waals surface area contributed by atoms with Crippen molar-refractivity contribution >= 4 is 14.1 Å². The second-order valence-electron chi connectivity index (χ2n) is 10.2. The van der Waals surface area contributed by atoms with Crippen molar-refractivity contribution in [2.75, 3.05) is 7.11 Å². The summed E-state index contributed by atoms with van der Waals surface area (Å²) in [6.45, 7) is 21.5. The molecule has 0 aromatic heterocycles. The average molecular weight is 391 g/mol. The van der Waals surface area contributed by atoms with Crippen LogP contribution in [-0.2, 0) is 14.0 Å². The molecule has 0 N–H and O–H groups in total. The van der Waals surface area contributed by atoms with E-state index >= 15 is 0 Å². The first kappa shape index (κ1) is 22.0. The lowest BCUT2D eigenvalue weighted by Gasteiger charge is -2.44. The van der Waals surface area contributed by atoms with Gasteiger partial charge >= 0.3 is 0 Å². The molecule has 0 aromatic carbocycles. The highest BCUT2D eigenvalue weighted by molar-refractivity contribution is 6.74. The molecule has 0 aliphatic heterocycles. The van der Waals surface area contributed by atoms with Gasteiger partial charge in [0.2, 0.25) is 8.32 Å². The maximum atomic E-state index is 13.4. The molecule has 2 rings (SSSR count). The first-order chi connectivity index (χ1) is 12.2. The van der Waals surface area contributed by atoms with Crippen LogP contribution in [0, 0.1) is 17.3 Å². The predicted octanol–water partition coefficient (Wildman–Crippen LogP) is 6.39. The number of ether oxygens (including phenoxy) is 1. The van der Waals surface area contributed by atoms with Crippen molar-refractivity contribution in [3.8, 4) is 0 Å². The third-order valence-electron chi connectivity index (χ3n) is 7.19. The van der Waals surface area contributed by atoms with Crippen LogP contribution in [0.4, 0.5) is 0 Å². The van der Waals surface area contributed by atoms with Gasteiger partial charge in [-0.2, -0.15) is 0 Å². The molecule has 3 atom stereocenters. The fourth-order valence-corrected chi connectivity index (χ4v) is 5.16. The molecule has 3 nitrogen and oxygen atoms in total. The van der Waals surface area contributed by atoms with E-state index in [1.165, 1.54) is 0 Å². The number of Topliss-reactive ketones (excluding diaryl/α,β-unsaturated/α-hetero) is 1. The minimum atomic E-state index is -2.06. The number of carbonyl (C=O) groups is 1. The summed E-state index contributed by atoms with van der Waals surface area (Å²) < 4.78 is 12.2. The van der Waals surface area contributed by atoms with E-state index in [-0.39, 0.29) is 16.9 Å². The number of allylic oxidation sites excluding steroid dienone is 5. The van der Waals surface area contributed by atoms with Gasteiger partial charge in [0.25, 0.3) is 0 Å². The normalized spacial score (nSPS) is 29.7. The van der Waals surface area contributed by atoms with Gasteiger partial charge in [-0.15, -0.1) is 0 Å². The van der Waals surface area contributed by atoms with Crippen molar-refractivity contribution in [1.82, 2.24) is 0 Å².